The van der Waals surface area contributed by atoms with Crippen molar-refractivity contribution in [2.75, 3.05) is 111 Å². The van der Waals surface area contributed by atoms with E-state index in [0.717, 1.165) is 27.7 Å². The van der Waals surface area contributed by atoms with E-state index >= 15 is 0 Å². The van der Waals surface area contributed by atoms with E-state index in [1.807, 2.05) is 145 Å². The molecule has 8 fully saturated rings. The number of imidazole rings is 1. The SMILES string of the molecule is CC(C)O[C@@H]1[C@H](F)CN(C(=O)CC#N)CC1(C)C.CC(C)O[C@@H]1[C@H](F)CNCC1(C)C.CC(C)O[C@H]1CCN(C(=O)c2ccnn2CCO)CC1(F)F.CC(C)O[C@H]1CCN(C(=O)c2cncn2C)C[C@H]1F.CC(C)O[C@H]1[C@@H](F)CN(C(=O)CC#N)CC1(C)C.Cc1cc(C(=O)N2CC[C@H](OC(C)C)[C@H](F)C2)c(C)[nH]1.Cc1nc(C(=O)N2CC[C@H](OC(C)C)C(F)(F)C2)n[nH]1.Cc1nc(C(=O)N2CC[C@H](OC(C)C)[C@H](F)C2)n[nH]1. The number of nitrogens with zero attached hydrogens (tertiary/aromatic N) is 17. The Morgan fingerprint density at radius 2 is 0.812 bits per heavy atom. The molecule has 149 heavy (non-hydrogen) atoms. The van der Waals surface area contributed by atoms with Gasteiger partial charge in [-0.2, -0.15) is 15.6 Å². The highest BCUT2D eigenvalue weighted by atomic mass is 19.3. The van der Waals surface area contributed by atoms with Crippen LogP contribution >= 0.6 is 0 Å². The number of aliphatic hydroxyl groups excluding tert-OH is 1. The molecular formula is C102H163F10N21O16. The third-order valence-corrected chi connectivity index (χ3v) is 25.0. The first-order valence-corrected chi connectivity index (χ1v) is 51.3. The molecule has 0 aliphatic carbocycles. The Morgan fingerprint density at radius 3 is 1.13 bits per heavy atom. The number of aromatic amines is 3. The smallest absolute Gasteiger partial charge is 0.293 e. The number of carbonyl (C=O) groups excluding carboxylic acids is 7. The van der Waals surface area contributed by atoms with E-state index in [4.69, 9.17) is 53.5 Å². The third kappa shape index (κ3) is 39.3. The van der Waals surface area contributed by atoms with Crippen LogP contribution in [0.5, 0.6) is 0 Å². The lowest BCUT2D eigenvalue weighted by Gasteiger charge is -2.46. The van der Waals surface area contributed by atoms with E-state index in [-0.39, 0.29) is 192 Å². The van der Waals surface area contributed by atoms with Crippen LogP contribution in [0.25, 0.3) is 0 Å². The van der Waals surface area contributed by atoms with Crippen molar-refractivity contribution in [1.82, 2.24) is 94.3 Å². The summed E-state index contributed by atoms with van der Waals surface area (Å²) in [6.45, 7) is 51.2. The number of nitrogens with one attached hydrogen (secondary N) is 4. The number of alkyl halides is 10. The first-order valence-electron chi connectivity index (χ1n) is 51.3. The van der Waals surface area contributed by atoms with Crippen LogP contribution in [0.4, 0.5) is 43.9 Å². The molecule has 0 spiro atoms. The molecule has 14 atom stereocenters. The second-order valence-corrected chi connectivity index (χ2v) is 42.9. The fourth-order valence-electron chi connectivity index (χ4n) is 18.4. The van der Waals surface area contributed by atoms with Crippen LogP contribution < -0.4 is 5.32 Å². The summed E-state index contributed by atoms with van der Waals surface area (Å²) in [7, 11) is 1.75. The summed E-state index contributed by atoms with van der Waals surface area (Å²) in [6.07, 6.45) is -6.27. The van der Waals surface area contributed by atoms with Crippen molar-refractivity contribution in [3.63, 3.8) is 0 Å². The lowest BCUT2D eigenvalue weighted by atomic mass is 9.80. The highest BCUT2D eigenvalue weighted by Crippen LogP contribution is 2.39. The Bertz CT molecular complexity index is 4990. The van der Waals surface area contributed by atoms with Crippen LogP contribution in [0.15, 0.2) is 30.9 Å². The summed E-state index contributed by atoms with van der Waals surface area (Å²) in [5.41, 5.74) is 2.09. The van der Waals surface area contributed by atoms with Crippen LogP contribution in [-0.2, 0) is 61.1 Å². The second-order valence-electron chi connectivity index (χ2n) is 42.9. The van der Waals surface area contributed by atoms with Crippen molar-refractivity contribution < 1.29 is 120 Å². The molecule has 0 unspecified atom stereocenters. The monoisotopic (exact) mass is 2130 g/mol. The van der Waals surface area contributed by atoms with E-state index < -0.39 is 127 Å². The number of aliphatic hydroxyl groups is 1. The number of hydrogen-bond acceptors (Lipinski definition) is 25. The van der Waals surface area contributed by atoms with Crippen molar-refractivity contribution in [2.45, 2.75) is 378 Å². The summed E-state index contributed by atoms with van der Waals surface area (Å²) in [6, 6.07) is 6.90. The summed E-state index contributed by atoms with van der Waals surface area (Å²) in [5, 5.41) is 45.6. The van der Waals surface area contributed by atoms with E-state index in [2.05, 4.69) is 50.7 Å². The number of aryl methyl sites for hydroxylation is 5. The van der Waals surface area contributed by atoms with Gasteiger partial charge in [0.05, 0.1) is 175 Å². The number of aromatic nitrogens is 11. The van der Waals surface area contributed by atoms with Gasteiger partial charge in [0.25, 0.3) is 41.4 Å². The predicted octanol–water partition coefficient (Wildman–Crippen LogP) is 13.2. The molecule has 37 nitrogen and oxygen atoms in total. The minimum Gasteiger partial charge on any atom is -0.394 e. The first-order chi connectivity index (χ1) is 69.5. The summed E-state index contributed by atoms with van der Waals surface area (Å²) < 4.78 is 187. The van der Waals surface area contributed by atoms with Gasteiger partial charge < -0.3 is 92.2 Å². The number of hydrogen-bond donors (Lipinski definition) is 5. The Morgan fingerprint density at radius 1 is 0.456 bits per heavy atom. The molecule has 5 aromatic heterocycles. The topological polar surface area (TPSA) is 430 Å². The number of H-pyrrole nitrogens is 3. The number of rotatable bonds is 25. The maximum absolute atomic E-state index is 14.2. The molecule has 0 bridgehead atoms. The largest absolute Gasteiger partial charge is 0.394 e. The number of amides is 7. The molecule has 842 valence electrons. The van der Waals surface area contributed by atoms with Crippen LogP contribution in [-0.4, -0.2) is 393 Å². The van der Waals surface area contributed by atoms with E-state index in [1.54, 1.807) is 76.5 Å². The van der Waals surface area contributed by atoms with Gasteiger partial charge in [0.2, 0.25) is 23.5 Å². The molecule has 0 aromatic carbocycles. The lowest BCUT2D eigenvalue weighted by molar-refractivity contribution is -0.179. The molecule has 5 N–H and O–H groups in total. The van der Waals surface area contributed by atoms with Gasteiger partial charge in [0, 0.05) is 99.8 Å². The van der Waals surface area contributed by atoms with E-state index in [0.29, 0.717) is 81.4 Å². The van der Waals surface area contributed by atoms with Crippen molar-refractivity contribution >= 4 is 41.4 Å². The van der Waals surface area contributed by atoms with Crippen LogP contribution in [0.2, 0.25) is 0 Å². The van der Waals surface area contributed by atoms with Gasteiger partial charge in [-0.25, -0.2) is 58.9 Å². The minimum absolute atomic E-state index is 0.00238. The van der Waals surface area contributed by atoms with Crippen LogP contribution in [0, 0.1) is 66.6 Å². The minimum atomic E-state index is -3.08. The quantitative estimate of drug-likeness (QED) is 0.0339. The van der Waals surface area contributed by atoms with Crippen LogP contribution in [0.1, 0.15) is 273 Å². The van der Waals surface area contributed by atoms with Crippen LogP contribution in [0.3, 0.4) is 0 Å². The summed E-state index contributed by atoms with van der Waals surface area (Å²) in [5.74, 6) is -7.43. The number of carbonyl (C=O) groups is 7. The zero-order valence-electron chi connectivity index (χ0n) is 91.7. The average molecular weight is 2130 g/mol. The fraction of sp³-hybridized carbons (Fsp3) is 0.775. The maximum Gasteiger partial charge on any atom is 0.293 e. The molecular weight excluding hydrogens is 1970 g/mol. The average Bonchev–Trinajstić information content (AvgIpc) is 1.69. The summed E-state index contributed by atoms with van der Waals surface area (Å²) >= 11 is 0. The molecule has 8 aliphatic heterocycles. The highest BCUT2D eigenvalue weighted by Gasteiger charge is 2.52. The number of halogens is 10. The van der Waals surface area contributed by atoms with E-state index in [9.17, 15) is 77.5 Å². The van der Waals surface area contributed by atoms with Gasteiger partial charge in [-0.05, 0) is 183 Å². The van der Waals surface area contributed by atoms with Gasteiger partial charge in [-0.3, -0.25) is 48.4 Å². The molecule has 8 aliphatic rings. The number of ether oxygens (including phenoxy) is 8. The fourth-order valence-corrected chi connectivity index (χ4v) is 18.4. The Kier molecular flexibility index (Phi) is 50.0. The molecule has 0 radical (unpaired) electrons. The van der Waals surface area contributed by atoms with Crippen molar-refractivity contribution in [1.29, 1.82) is 10.5 Å². The Hall–Kier alpha value is -9.85. The first kappa shape index (κ1) is 128. The third-order valence-electron chi connectivity index (χ3n) is 25.0. The molecule has 47 heteroatoms. The molecule has 0 saturated carbocycles. The molecule has 13 rings (SSSR count). The van der Waals surface area contributed by atoms with E-state index in [1.165, 1.54) is 42.7 Å². The molecule has 5 aromatic rings. The van der Waals surface area contributed by atoms with Gasteiger partial charge in [0.15, 0.2) is 0 Å². The molecule has 8 saturated heterocycles. The second kappa shape index (κ2) is 58.3. The summed E-state index contributed by atoms with van der Waals surface area (Å²) in [4.78, 5) is 109. The number of likely N-dealkylation sites (tertiary alicyclic amines) is 7. The number of piperidine rings is 8. The zero-order chi connectivity index (χ0) is 112. The van der Waals surface area contributed by atoms with Gasteiger partial charge in [-0.1, -0.05) is 41.5 Å². The van der Waals surface area contributed by atoms with Crippen molar-refractivity contribution in [3.8, 4) is 12.1 Å². The van der Waals surface area contributed by atoms with Crippen molar-refractivity contribution in [2.24, 2.45) is 23.3 Å². The Balaban J connectivity index is 0.000000261. The highest BCUT2D eigenvalue weighted by molar-refractivity contribution is 5.96. The maximum atomic E-state index is 14.2. The van der Waals surface area contributed by atoms with Gasteiger partial charge in [-0.15, -0.1) is 10.2 Å². The predicted molar refractivity (Wildman–Crippen MR) is 535 cm³/mol. The van der Waals surface area contributed by atoms with Crippen molar-refractivity contribution in [3.05, 3.63) is 82.5 Å². The Labute approximate surface area is 870 Å². The zero-order valence-corrected chi connectivity index (χ0v) is 91.7. The standard InChI is InChI=1S/C15H23FN2O2.C14H21F2N3O3.C13H20FN3O2.2C13H21FN2O2.C12H18F2N4O2.C12H19FN4O2.C10H20FNO/c1-9(2)20-14-5-6-18(8-13(14)16)15(19)12-7-10(3)17-11(12)4;1-10(2)22-12-4-6-18(9-14(12,15)16)13(21)11-3-5-17-19(11)7-8-20;1-9(2)19-12-4-5-17(7-10(12)14)13(18)11-6-15-8-16(11)3;2*1-9(2)18-12-10(14)7-16(8-13(12,3)4)11(17)5-6-15;1-7(2)20-9-4-5-18(6-12(9,13)14)11(19)10-15-8(3)16-17-10;1-7(2)19-10-4-5-17(6-9(10)13)12(18)11-14-8(3)15-16-11;1-7(2)13-9-8(11)5-12-6-10(9,3)4/h7,9,13-14,17H,5-6,8H2,1-4H3;3,5,10,12,20H,4,6-9H2,1-2H3;6,8-10,12H,4-5,7H2,1-3H3;2*9-10,12H,5,7-8H2,1-4H3;7,9H,4-6H2,1-3H3,(H,15,16,17);7,9-10H,4-6H2,1-3H3,(H,14,15,16);7-9,12H,5-6H2,1-4H3/t13-,14+;12-;10-,12+;2*10-,12-;9-;9-,10+;8-,9-/m10110011/s1. The molecule has 13 heterocycles. The van der Waals surface area contributed by atoms with Gasteiger partial charge >= 0.3 is 0 Å². The molecule has 7 amide bonds. The van der Waals surface area contributed by atoms with Gasteiger partial charge in [0.1, 0.15) is 85.1 Å². The lowest BCUT2D eigenvalue weighted by Crippen LogP contribution is -2.58. The normalized spacial score (nSPS) is 24.9. The number of nitriles is 2.